The van der Waals surface area contributed by atoms with E-state index in [1.54, 1.807) is 0 Å². The molecule has 17 heavy (non-hydrogen) atoms. The number of aromatic nitrogens is 1. The molecular weight excluding hydrogens is 222 g/mol. The number of hydrogen-bond donors (Lipinski definition) is 0. The number of benzene rings is 1. The van der Waals surface area contributed by atoms with Crippen LogP contribution in [0, 0.1) is 18.4 Å². The molecule has 1 aromatic carbocycles. The number of fused-ring (bicyclic) bond motifs is 1. The second-order valence-electron chi connectivity index (χ2n) is 5.32. The van der Waals surface area contributed by atoms with Gasteiger partial charge in [-0.3, -0.25) is 4.98 Å². The predicted molar refractivity (Wildman–Crippen MR) is 76.7 cm³/mol. The molecule has 0 bridgehead atoms. The van der Waals surface area contributed by atoms with E-state index in [1.165, 1.54) is 0 Å². The van der Waals surface area contributed by atoms with E-state index >= 15 is 0 Å². The quantitative estimate of drug-likeness (QED) is 0.504. The molecule has 0 saturated carbocycles. The highest BCUT2D eigenvalue weighted by molar-refractivity contribution is 6.83. The van der Waals surface area contributed by atoms with Gasteiger partial charge in [-0.15, -0.1) is 5.54 Å². The fourth-order valence-electron chi connectivity index (χ4n) is 1.62. The van der Waals surface area contributed by atoms with E-state index in [1.807, 2.05) is 25.1 Å². The van der Waals surface area contributed by atoms with Gasteiger partial charge >= 0.3 is 0 Å². The Labute approximate surface area is 104 Å². The van der Waals surface area contributed by atoms with Gasteiger partial charge in [-0.2, -0.15) is 0 Å². The number of pyridine rings is 1. The molecule has 0 saturated heterocycles. The van der Waals surface area contributed by atoms with Crippen molar-refractivity contribution in [3.05, 3.63) is 41.6 Å². The summed E-state index contributed by atoms with van der Waals surface area (Å²) in [5.74, 6) is 3.32. The fourth-order valence-corrected chi connectivity index (χ4v) is 2.13. The Hall–Kier alpha value is -1.59. The van der Waals surface area contributed by atoms with Crippen molar-refractivity contribution < 1.29 is 0 Å². The number of hydrogen-bond acceptors (Lipinski definition) is 1. The minimum Gasteiger partial charge on any atom is -0.253 e. The Balaban J connectivity index is 2.58. The Bertz CT molecular complexity index is 612. The summed E-state index contributed by atoms with van der Waals surface area (Å²) in [7, 11) is -1.32. The summed E-state index contributed by atoms with van der Waals surface area (Å²) in [5, 5.41) is 1.16. The van der Waals surface area contributed by atoms with Crippen LogP contribution in [-0.4, -0.2) is 13.1 Å². The van der Waals surface area contributed by atoms with E-state index < -0.39 is 8.07 Å². The fraction of sp³-hybridized carbons (Fsp3) is 0.267. The second-order valence-corrected chi connectivity index (χ2v) is 10.1. The first-order chi connectivity index (χ1) is 7.96. The standard InChI is InChI=1S/C15H17NSi/c1-12-8-9-14-13(10-11-17(2,3)4)6-5-7-15(14)16-12/h5-9H,1-4H3. The minimum atomic E-state index is -1.32. The summed E-state index contributed by atoms with van der Waals surface area (Å²) in [6.07, 6.45) is 0. The Morgan fingerprint density at radius 1 is 1.06 bits per heavy atom. The lowest BCUT2D eigenvalue weighted by Crippen LogP contribution is -2.16. The molecular formula is C15H17NSi. The lowest BCUT2D eigenvalue weighted by molar-refractivity contribution is 1.25. The van der Waals surface area contributed by atoms with Gasteiger partial charge in [0.05, 0.1) is 5.52 Å². The molecule has 0 aliphatic heterocycles. The average Bonchev–Trinajstić information content (AvgIpc) is 2.24. The molecule has 1 aromatic heterocycles. The highest BCUT2D eigenvalue weighted by Gasteiger charge is 2.08. The van der Waals surface area contributed by atoms with E-state index in [0.717, 1.165) is 22.2 Å². The van der Waals surface area contributed by atoms with Crippen molar-refractivity contribution in [3.8, 4) is 11.5 Å². The summed E-state index contributed by atoms with van der Waals surface area (Å²) in [4.78, 5) is 4.52. The molecule has 0 unspecified atom stereocenters. The monoisotopic (exact) mass is 239 g/mol. The van der Waals surface area contributed by atoms with Gasteiger partial charge in [0.1, 0.15) is 8.07 Å². The lowest BCUT2D eigenvalue weighted by Gasteiger charge is -2.05. The van der Waals surface area contributed by atoms with Crippen molar-refractivity contribution in [1.82, 2.24) is 4.98 Å². The second kappa shape index (κ2) is 4.35. The third-order valence-corrected chi connectivity index (χ3v) is 3.32. The third kappa shape index (κ3) is 2.95. The normalized spacial score (nSPS) is 11.1. The Kier molecular flexibility index (Phi) is 3.04. The molecule has 2 heteroatoms. The topological polar surface area (TPSA) is 12.9 Å². The van der Waals surface area contributed by atoms with Crippen LogP contribution in [0.15, 0.2) is 30.3 Å². The first-order valence-electron chi connectivity index (χ1n) is 5.85. The molecule has 1 nitrogen and oxygen atoms in total. The van der Waals surface area contributed by atoms with Gasteiger partial charge in [0.15, 0.2) is 0 Å². The maximum atomic E-state index is 4.52. The van der Waals surface area contributed by atoms with E-state index in [0.29, 0.717) is 0 Å². The smallest absolute Gasteiger partial charge is 0.129 e. The van der Waals surface area contributed by atoms with Crippen LogP contribution in [0.2, 0.25) is 19.6 Å². The third-order valence-electron chi connectivity index (χ3n) is 2.44. The zero-order valence-electron chi connectivity index (χ0n) is 10.8. The number of rotatable bonds is 0. The molecule has 0 spiro atoms. The maximum Gasteiger partial charge on any atom is 0.129 e. The molecule has 0 aliphatic rings. The van der Waals surface area contributed by atoms with Crippen LogP contribution in [0.4, 0.5) is 0 Å². The largest absolute Gasteiger partial charge is 0.253 e. The predicted octanol–water partition coefficient (Wildman–Crippen LogP) is 3.77. The van der Waals surface area contributed by atoms with Crippen LogP contribution >= 0.6 is 0 Å². The maximum absolute atomic E-state index is 4.52. The van der Waals surface area contributed by atoms with Crippen LogP contribution in [0.5, 0.6) is 0 Å². The Morgan fingerprint density at radius 2 is 1.82 bits per heavy atom. The molecule has 0 atom stereocenters. The zero-order chi connectivity index (χ0) is 12.5. The lowest BCUT2D eigenvalue weighted by atomic mass is 10.1. The van der Waals surface area contributed by atoms with Gasteiger partial charge in [0.25, 0.3) is 0 Å². The molecule has 0 radical (unpaired) electrons. The van der Waals surface area contributed by atoms with Crippen LogP contribution in [0.1, 0.15) is 11.3 Å². The zero-order valence-corrected chi connectivity index (χ0v) is 11.8. The Morgan fingerprint density at radius 3 is 2.53 bits per heavy atom. The van der Waals surface area contributed by atoms with Gasteiger partial charge in [-0.25, -0.2) is 0 Å². The first kappa shape index (κ1) is 11.9. The average molecular weight is 239 g/mol. The first-order valence-corrected chi connectivity index (χ1v) is 9.35. The van der Waals surface area contributed by atoms with Gasteiger partial charge in [0, 0.05) is 16.6 Å². The molecule has 0 fully saturated rings. The van der Waals surface area contributed by atoms with Crippen molar-refractivity contribution >= 4 is 19.0 Å². The summed E-state index contributed by atoms with van der Waals surface area (Å²) < 4.78 is 0. The van der Waals surface area contributed by atoms with Gasteiger partial charge in [0.2, 0.25) is 0 Å². The summed E-state index contributed by atoms with van der Waals surface area (Å²) in [6.45, 7) is 8.79. The van der Waals surface area contributed by atoms with Gasteiger partial charge in [-0.1, -0.05) is 31.6 Å². The van der Waals surface area contributed by atoms with Gasteiger partial charge in [-0.05, 0) is 31.2 Å². The van der Waals surface area contributed by atoms with Crippen molar-refractivity contribution in [2.24, 2.45) is 0 Å². The molecule has 2 aromatic rings. The number of nitrogens with zero attached hydrogens (tertiary/aromatic N) is 1. The van der Waals surface area contributed by atoms with Crippen LogP contribution < -0.4 is 0 Å². The highest BCUT2D eigenvalue weighted by atomic mass is 28.3. The molecule has 0 amide bonds. The van der Waals surface area contributed by atoms with Crippen LogP contribution in [-0.2, 0) is 0 Å². The molecule has 0 N–H and O–H groups in total. The summed E-state index contributed by atoms with van der Waals surface area (Å²) in [6, 6.07) is 10.3. The summed E-state index contributed by atoms with van der Waals surface area (Å²) >= 11 is 0. The van der Waals surface area contributed by atoms with E-state index in [4.69, 9.17) is 0 Å². The molecule has 2 rings (SSSR count). The van der Waals surface area contributed by atoms with E-state index in [2.05, 4.69) is 48.2 Å². The highest BCUT2D eigenvalue weighted by Crippen LogP contribution is 2.16. The van der Waals surface area contributed by atoms with Gasteiger partial charge < -0.3 is 0 Å². The number of aryl methyl sites for hydroxylation is 1. The van der Waals surface area contributed by atoms with Crippen molar-refractivity contribution in [3.63, 3.8) is 0 Å². The molecule has 0 aliphatic carbocycles. The van der Waals surface area contributed by atoms with E-state index in [-0.39, 0.29) is 0 Å². The van der Waals surface area contributed by atoms with Crippen LogP contribution in [0.25, 0.3) is 10.9 Å². The van der Waals surface area contributed by atoms with Crippen LogP contribution in [0.3, 0.4) is 0 Å². The molecule has 86 valence electrons. The van der Waals surface area contributed by atoms with Crippen molar-refractivity contribution in [1.29, 1.82) is 0 Å². The van der Waals surface area contributed by atoms with Crippen molar-refractivity contribution in [2.45, 2.75) is 26.6 Å². The molecule has 1 heterocycles. The van der Waals surface area contributed by atoms with E-state index in [9.17, 15) is 0 Å². The summed E-state index contributed by atoms with van der Waals surface area (Å²) in [5.41, 5.74) is 6.58. The minimum absolute atomic E-state index is 1.03. The van der Waals surface area contributed by atoms with Crippen molar-refractivity contribution in [2.75, 3.05) is 0 Å². The SMILES string of the molecule is Cc1ccc2c(C#C[Si](C)(C)C)cccc2n1.